The second-order valence-electron chi connectivity index (χ2n) is 6.45. The van der Waals surface area contributed by atoms with Gasteiger partial charge in [-0.2, -0.15) is 0 Å². The average molecular weight is 371 g/mol. The summed E-state index contributed by atoms with van der Waals surface area (Å²) in [6, 6.07) is 18.2. The van der Waals surface area contributed by atoms with Crippen molar-refractivity contribution >= 4 is 34.6 Å². The van der Waals surface area contributed by atoms with Crippen LogP contribution in [0.15, 0.2) is 66.7 Å². The van der Waals surface area contributed by atoms with E-state index in [4.69, 9.17) is 23.8 Å². The van der Waals surface area contributed by atoms with E-state index in [1.807, 2.05) is 30.3 Å². The van der Waals surface area contributed by atoms with Gasteiger partial charge in [0.25, 0.3) is 0 Å². The molecule has 0 radical (unpaired) electrons. The van der Waals surface area contributed by atoms with Gasteiger partial charge in [-0.15, -0.1) is 0 Å². The maximum atomic E-state index is 5.97. The predicted octanol–water partition coefficient (Wildman–Crippen LogP) is 5.90. The zero-order valence-electron chi connectivity index (χ0n) is 14.2. The monoisotopic (exact) mass is 370 g/mol. The minimum atomic E-state index is 0.652. The molecule has 3 rings (SSSR count). The van der Waals surface area contributed by atoms with Crippen LogP contribution in [-0.2, 0) is 6.54 Å². The van der Waals surface area contributed by atoms with Gasteiger partial charge >= 0.3 is 0 Å². The number of nitrogens with one attached hydrogen (secondary N) is 1. The van der Waals surface area contributed by atoms with Gasteiger partial charge in [-0.05, 0) is 67.2 Å². The van der Waals surface area contributed by atoms with Gasteiger partial charge in [-0.3, -0.25) is 0 Å². The van der Waals surface area contributed by atoms with Crippen molar-refractivity contribution in [1.82, 2.24) is 4.90 Å². The van der Waals surface area contributed by atoms with E-state index in [9.17, 15) is 0 Å². The molecule has 25 heavy (non-hydrogen) atoms. The van der Waals surface area contributed by atoms with Crippen LogP contribution in [-0.4, -0.2) is 16.6 Å². The van der Waals surface area contributed by atoms with Crippen LogP contribution in [0.5, 0.6) is 0 Å². The Bertz CT molecular complexity index is 712. The molecule has 1 unspecified atom stereocenters. The lowest BCUT2D eigenvalue weighted by Crippen LogP contribution is -2.38. The summed E-state index contributed by atoms with van der Waals surface area (Å²) < 4.78 is 0. The molecule has 0 aliphatic heterocycles. The second-order valence-corrected chi connectivity index (χ2v) is 7.28. The van der Waals surface area contributed by atoms with Crippen molar-refractivity contribution in [3.8, 4) is 0 Å². The van der Waals surface area contributed by atoms with Gasteiger partial charge in [0.2, 0.25) is 0 Å². The third kappa shape index (κ3) is 5.58. The Balaban J connectivity index is 1.70. The van der Waals surface area contributed by atoms with Crippen LogP contribution in [0.3, 0.4) is 0 Å². The number of hydrogen-bond donors (Lipinski definition) is 1. The lowest BCUT2D eigenvalue weighted by Gasteiger charge is -2.30. The largest absolute Gasteiger partial charge is 0.344 e. The summed E-state index contributed by atoms with van der Waals surface area (Å²) in [6.45, 7) is 1.79. The molecule has 0 saturated carbocycles. The quantitative estimate of drug-likeness (QED) is 0.521. The van der Waals surface area contributed by atoms with Crippen LogP contribution < -0.4 is 5.32 Å². The molecule has 0 bridgehead atoms. The summed E-state index contributed by atoms with van der Waals surface area (Å²) in [7, 11) is 0. The van der Waals surface area contributed by atoms with E-state index in [0.29, 0.717) is 5.92 Å². The van der Waals surface area contributed by atoms with Crippen LogP contribution in [0.1, 0.15) is 24.8 Å². The highest BCUT2D eigenvalue weighted by Crippen LogP contribution is 2.21. The van der Waals surface area contributed by atoms with Crippen LogP contribution in [0.2, 0.25) is 5.02 Å². The average Bonchev–Trinajstić information content (AvgIpc) is 2.65. The Hall–Kier alpha value is -1.84. The SMILES string of the molecule is S=C(Nc1ccc(Cl)cc1)N(Cc1ccccc1)CC1CC=CCC1. The third-order valence-corrected chi connectivity index (χ3v) is 5.07. The Kier molecular flexibility index (Phi) is 6.48. The fraction of sp³-hybridized carbons (Fsp3) is 0.286. The van der Waals surface area contributed by atoms with Crippen molar-refractivity contribution in [2.24, 2.45) is 5.92 Å². The first kappa shape index (κ1) is 18.0. The van der Waals surface area contributed by atoms with E-state index in [2.05, 4.69) is 46.6 Å². The molecule has 0 aromatic heterocycles. The van der Waals surface area contributed by atoms with Crippen LogP contribution >= 0.6 is 23.8 Å². The molecule has 130 valence electrons. The molecule has 1 aliphatic rings. The van der Waals surface area contributed by atoms with Crippen molar-refractivity contribution in [1.29, 1.82) is 0 Å². The molecule has 4 heteroatoms. The van der Waals surface area contributed by atoms with Gasteiger partial charge in [0, 0.05) is 23.8 Å². The van der Waals surface area contributed by atoms with E-state index < -0.39 is 0 Å². The van der Waals surface area contributed by atoms with E-state index >= 15 is 0 Å². The zero-order valence-corrected chi connectivity index (χ0v) is 15.8. The lowest BCUT2D eigenvalue weighted by atomic mass is 9.94. The Morgan fingerprint density at radius 3 is 2.52 bits per heavy atom. The number of thiocarbonyl (C=S) groups is 1. The number of benzene rings is 2. The minimum Gasteiger partial charge on any atom is -0.344 e. The minimum absolute atomic E-state index is 0.652. The normalized spacial score (nSPS) is 16.4. The predicted molar refractivity (Wildman–Crippen MR) is 111 cm³/mol. The van der Waals surface area contributed by atoms with Gasteiger partial charge in [-0.1, -0.05) is 54.1 Å². The summed E-state index contributed by atoms with van der Waals surface area (Å²) in [6.07, 6.45) is 8.11. The lowest BCUT2D eigenvalue weighted by molar-refractivity contribution is 0.319. The fourth-order valence-electron chi connectivity index (χ4n) is 3.09. The van der Waals surface area contributed by atoms with E-state index in [1.165, 1.54) is 18.4 Å². The summed E-state index contributed by atoms with van der Waals surface area (Å²) in [5.74, 6) is 0.652. The van der Waals surface area contributed by atoms with Gasteiger partial charge < -0.3 is 10.2 Å². The van der Waals surface area contributed by atoms with Crippen molar-refractivity contribution in [3.63, 3.8) is 0 Å². The topological polar surface area (TPSA) is 15.3 Å². The Labute approximate surface area is 160 Å². The Morgan fingerprint density at radius 1 is 1.08 bits per heavy atom. The molecule has 2 aromatic rings. The van der Waals surface area contributed by atoms with Crippen LogP contribution in [0.25, 0.3) is 0 Å². The summed E-state index contributed by atoms with van der Waals surface area (Å²) in [5.41, 5.74) is 2.24. The first-order chi connectivity index (χ1) is 12.2. The number of allylic oxidation sites excluding steroid dienone is 2. The molecule has 0 fully saturated rings. The van der Waals surface area contributed by atoms with Crippen LogP contribution in [0, 0.1) is 5.92 Å². The molecule has 1 N–H and O–H groups in total. The maximum Gasteiger partial charge on any atom is 0.173 e. The van der Waals surface area contributed by atoms with Gasteiger partial charge in [0.05, 0.1) is 0 Å². The summed E-state index contributed by atoms with van der Waals surface area (Å²) in [5, 5.41) is 4.85. The molecule has 0 amide bonds. The van der Waals surface area contributed by atoms with E-state index in [1.54, 1.807) is 0 Å². The first-order valence-corrected chi connectivity index (χ1v) is 9.50. The van der Waals surface area contributed by atoms with Crippen molar-refractivity contribution in [2.45, 2.75) is 25.8 Å². The zero-order chi connectivity index (χ0) is 17.5. The second kappa shape index (κ2) is 9.02. The maximum absolute atomic E-state index is 5.97. The van der Waals surface area contributed by atoms with E-state index in [-0.39, 0.29) is 0 Å². The highest BCUT2D eigenvalue weighted by atomic mass is 35.5. The van der Waals surface area contributed by atoms with Crippen LogP contribution in [0.4, 0.5) is 5.69 Å². The number of hydrogen-bond acceptors (Lipinski definition) is 1. The van der Waals surface area contributed by atoms with Gasteiger partial charge in [0.15, 0.2) is 5.11 Å². The Morgan fingerprint density at radius 2 is 1.84 bits per heavy atom. The number of nitrogens with zero attached hydrogens (tertiary/aromatic N) is 1. The molecular weight excluding hydrogens is 348 g/mol. The summed E-state index contributed by atoms with van der Waals surface area (Å²) >= 11 is 11.7. The molecular formula is C21H23ClN2S. The molecule has 0 saturated heterocycles. The van der Waals surface area contributed by atoms with Gasteiger partial charge in [-0.25, -0.2) is 0 Å². The molecule has 0 heterocycles. The highest BCUT2D eigenvalue weighted by Gasteiger charge is 2.18. The first-order valence-electron chi connectivity index (χ1n) is 8.71. The number of halogens is 1. The van der Waals surface area contributed by atoms with Crippen molar-refractivity contribution in [3.05, 3.63) is 77.3 Å². The molecule has 1 aliphatic carbocycles. The standard InChI is InChI=1S/C21H23ClN2S/c22-19-11-13-20(14-12-19)23-21(25)24(15-17-7-3-1-4-8-17)16-18-9-5-2-6-10-18/h1-5,7-8,11-14,18H,6,9-10,15-16H2,(H,23,25). The molecule has 2 aromatic carbocycles. The molecule has 1 atom stereocenters. The summed E-state index contributed by atoms with van der Waals surface area (Å²) in [4.78, 5) is 2.28. The molecule has 2 nitrogen and oxygen atoms in total. The third-order valence-electron chi connectivity index (χ3n) is 4.46. The highest BCUT2D eigenvalue weighted by molar-refractivity contribution is 7.80. The van der Waals surface area contributed by atoms with E-state index in [0.717, 1.165) is 35.3 Å². The van der Waals surface area contributed by atoms with Crippen molar-refractivity contribution in [2.75, 3.05) is 11.9 Å². The molecule has 0 spiro atoms. The number of anilines is 1. The fourth-order valence-corrected chi connectivity index (χ4v) is 3.48. The van der Waals surface area contributed by atoms with Crippen molar-refractivity contribution < 1.29 is 0 Å². The smallest absolute Gasteiger partial charge is 0.173 e. The number of rotatable bonds is 5. The van der Waals surface area contributed by atoms with Gasteiger partial charge in [0.1, 0.15) is 0 Å².